The molecule has 0 saturated heterocycles. The number of methoxy groups -OCH3 is 1. The number of rotatable bonds is 5. The van der Waals surface area contributed by atoms with E-state index in [1.54, 1.807) is 7.11 Å². The molecule has 0 amide bonds. The van der Waals surface area contributed by atoms with Crippen LogP contribution in [0.25, 0.3) is 0 Å². The van der Waals surface area contributed by atoms with E-state index in [0.717, 1.165) is 12.8 Å². The van der Waals surface area contributed by atoms with Crippen molar-refractivity contribution in [1.82, 2.24) is 0 Å². The number of hydrogen-bond donors (Lipinski definition) is 1. The summed E-state index contributed by atoms with van der Waals surface area (Å²) in [5, 5.41) is 0. The van der Waals surface area contributed by atoms with Crippen LogP contribution in [0.1, 0.15) is 33.6 Å². The van der Waals surface area contributed by atoms with Crippen LogP contribution < -0.4 is 5.73 Å². The van der Waals surface area contributed by atoms with Crippen molar-refractivity contribution in [2.45, 2.75) is 45.8 Å². The predicted octanol–water partition coefficient (Wildman–Crippen LogP) is 1.78. The molecular weight excluding hydrogens is 138 g/mol. The Balaban J connectivity index is 3.86. The molecule has 0 radical (unpaired) electrons. The van der Waals surface area contributed by atoms with Gasteiger partial charge in [-0.25, -0.2) is 0 Å². The first-order valence-electron chi connectivity index (χ1n) is 4.45. The minimum absolute atomic E-state index is 0.180. The van der Waals surface area contributed by atoms with Crippen molar-refractivity contribution in [3.8, 4) is 0 Å². The molecule has 0 aromatic heterocycles. The van der Waals surface area contributed by atoms with E-state index in [2.05, 4.69) is 13.8 Å². The summed E-state index contributed by atoms with van der Waals surface area (Å²) in [6, 6.07) is 0.190. The molecule has 0 fully saturated rings. The van der Waals surface area contributed by atoms with Gasteiger partial charge < -0.3 is 10.5 Å². The standard InChI is InChI=1S/C9H21NO/c1-5-8(6-2)9(10)7(3)11-4/h7-9H,5-6,10H2,1-4H3. The Kier molecular flexibility index (Phi) is 5.51. The average molecular weight is 159 g/mol. The predicted molar refractivity (Wildman–Crippen MR) is 48.5 cm³/mol. The highest BCUT2D eigenvalue weighted by Crippen LogP contribution is 2.15. The van der Waals surface area contributed by atoms with Crippen molar-refractivity contribution in [3.63, 3.8) is 0 Å². The molecule has 68 valence electrons. The van der Waals surface area contributed by atoms with Crippen LogP contribution in [0.4, 0.5) is 0 Å². The summed E-state index contributed by atoms with van der Waals surface area (Å²) in [5.74, 6) is 0.602. The topological polar surface area (TPSA) is 35.2 Å². The highest BCUT2D eigenvalue weighted by atomic mass is 16.5. The second-order valence-corrected chi connectivity index (χ2v) is 3.09. The summed E-state index contributed by atoms with van der Waals surface area (Å²) in [5.41, 5.74) is 5.97. The molecule has 0 saturated carbocycles. The van der Waals surface area contributed by atoms with Crippen molar-refractivity contribution in [2.24, 2.45) is 11.7 Å². The number of ether oxygens (including phenoxy) is 1. The van der Waals surface area contributed by atoms with Gasteiger partial charge in [-0.2, -0.15) is 0 Å². The van der Waals surface area contributed by atoms with Gasteiger partial charge in [0.1, 0.15) is 0 Å². The van der Waals surface area contributed by atoms with Crippen LogP contribution in [-0.4, -0.2) is 19.3 Å². The quantitative estimate of drug-likeness (QED) is 0.663. The van der Waals surface area contributed by atoms with Gasteiger partial charge in [0.2, 0.25) is 0 Å². The maximum Gasteiger partial charge on any atom is 0.0696 e. The van der Waals surface area contributed by atoms with Crippen molar-refractivity contribution in [1.29, 1.82) is 0 Å². The first-order chi connectivity index (χ1) is 5.17. The summed E-state index contributed by atoms with van der Waals surface area (Å²) >= 11 is 0. The van der Waals surface area contributed by atoms with Gasteiger partial charge in [-0.3, -0.25) is 0 Å². The van der Waals surface area contributed by atoms with Crippen molar-refractivity contribution in [3.05, 3.63) is 0 Å². The Labute approximate surface area is 70.1 Å². The summed E-state index contributed by atoms with van der Waals surface area (Å²) in [6.07, 6.45) is 2.47. The molecule has 11 heavy (non-hydrogen) atoms. The molecule has 0 spiro atoms. The maximum absolute atomic E-state index is 5.97. The summed E-state index contributed by atoms with van der Waals surface area (Å²) in [4.78, 5) is 0. The molecule has 2 heteroatoms. The molecule has 2 unspecified atom stereocenters. The van der Waals surface area contributed by atoms with Gasteiger partial charge in [-0.1, -0.05) is 26.7 Å². The van der Waals surface area contributed by atoms with Crippen LogP contribution in [-0.2, 0) is 4.74 Å². The van der Waals surface area contributed by atoms with E-state index in [1.807, 2.05) is 6.92 Å². The van der Waals surface area contributed by atoms with E-state index in [1.165, 1.54) is 0 Å². The second-order valence-electron chi connectivity index (χ2n) is 3.09. The minimum Gasteiger partial charge on any atom is -0.380 e. The maximum atomic E-state index is 5.97. The molecule has 0 aromatic rings. The highest BCUT2D eigenvalue weighted by molar-refractivity contribution is 4.76. The molecule has 0 bridgehead atoms. The smallest absolute Gasteiger partial charge is 0.0696 e. The fraction of sp³-hybridized carbons (Fsp3) is 1.00. The molecule has 0 rings (SSSR count). The number of hydrogen-bond acceptors (Lipinski definition) is 2. The Morgan fingerprint density at radius 3 is 2.00 bits per heavy atom. The minimum atomic E-state index is 0.180. The fourth-order valence-corrected chi connectivity index (χ4v) is 1.37. The van der Waals surface area contributed by atoms with Gasteiger partial charge in [0.15, 0.2) is 0 Å². The van der Waals surface area contributed by atoms with Crippen LogP contribution in [0, 0.1) is 5.92 Å². The zero-order valence-electron chi connectivity index (χ0n) is 8.13. The monoisotopic (exact) mass is 159 g/mol. The Hall–Kier alpha value is -0.0800. The van der Waals surface area contributed by atoms with E-state index in [9.17, 15) is 0 Å². The third-order valence-corrected chi connectivity index (χ3v) is 2.51. The van der Waals surface area contributed by atoms with E-state index < -0.39 is 0 Å². The largest absolute Gasteiger partial charge is 0.380 e. The van der Waals surface area contributed by atoms with Gasteiger partial charge in [-0.15, -0.1) is 0 Å². The lowest BCUT2D eigenvalue weighted by Gasteiger charge is -2.25. The number of nitrogens with two attached hydrogens (primary N) is 1. The average Bonchev–Trinajstić information content (AvgIpc) is 2.05. The van der Waals surface area contributed by atoms with Crippen LogP contribution in [0.2, 0.25) is 0 Å². The summed E-state index contributed by atoms with van der Waals surface area (Å²) in [7, 11) is 1.72. The lowest BCUT2D eigenvalue weighted by Crippen LogP contribution is -2.40. The lowest BCUT2D eigenvalue weighted by atomic mass is 9.92. The molecule has 2 atom stereocenters. The third kappa shape index (κ3) is 3.21. The molecule has 0 aliphatic rings. The first kappa shape index (κ1) is 10.9. The third-order valence-electron chi connectivity index (χ3n) is 2.51. The lowest BCUT2D eigenvalue weighted by molar-refractivity contribution is 0.0741. The molecular formula is C9H21NO. The van der Waals surface area contributed by atoms with Crippen LogP contribution in [0.5, 0.6) is 0 Å². The van der Waals surface area contributed by atoms with Gasteiger partial charge in [0.05, 0.1) is 6.10 Å². The van der Waals surface area contributed by atoms with Gasteiger partial charge >= 0.3 is 0 Å². The van der Waals surface area contributed by atoms with Crippen molar-refractivity contribution >= 4 is 0 Å². The molecule has 2 nitrogen and oxygen atoms in total. The van der Waals surface area contributed by atoms with Crippen molar-refractivity contribution < 1.29 is 4.74 Å². The van der Waals surface area contributed by atoms with E-state index >= 15 is 0 Å². The molecule has 0 heterocycles. The molecule has 0 aromatic carbocycles. The molecule has 0 aliphatic carbocycles. The first-order valence-corrected chi connectivity index (χ1v) is 4.45. The van der Waals surface area contributed by atoms with E-state index in [4.69, 9.17) is 10.5 Å². The highest BCUT2D eigenvalue weighted by Gasteiger charge is 2.19. The molecule has 2 N–H and O–H groups in total. The Morgan fingerprint density at radius 2 is 1.73 bits per heavy atom. The molecule has 0 aliphatic heterocycles. The Bertz CT molecular complexity index is 91.6. The normalized spacial score (nSPS) is 16.9. The van der Waals surface area contributed by atoms with Crippen LogP contribution in [0.15, 0.2) is 0 Å². The second kappa shape index (κ2) is 5.56. The Morgan fingerprint density at radius 1 is 1.27 bits per heavy atom. The summed E-state index contributed by atoms with van der Waals surface area (Å²) < 4.78 is 5.17. The van der Waals surface area contributed by atoms with Gasteiger partial charge in [0.25, 0.3) is 0 Å². The van der Waals surface area contributed by atoms with E-state index in [0.29, 0.717) is 5.92 Å². The zero-order chi connectivity index (χ0) is 8.85. The zero-order valence-corrected chi connectivity index (χ0v) is 8.13. The van der Waals surface area contributed by atoms with Crippen LogP contribution >= 0.6 is 0 Å². The SMILES string of the molecule is CCC(CC)C(N)C(C)OC. The van der Waals surface area contributed by atoms with E-state index in [-0.39, 0.29) is 12.1 Å². The van der Waals surface area contributed by atoms with Gasteiger partial charge in [-0.05, 0) is 12.8 Å². The fourth-order valence-electron chi connectivity index (χ4n) is 1.37. The van der Waals surface area contributed by atoms with Crippen LogP contribution in [0.3, 0.4) is 0 Å². The summed E-state index contributed by atoms with van der Waals surface area (Å²) in [6.45, 7) is 6.38. The van der Waals surface area contributed by atoms with Crippen molar-refractivity contribution in [2.75, 3.05) is 7.11 Å². The van der Waals surface area contributed by atoms with Gasteiger partial charge in [0, 0.05) is 13.2 Å².